The molecule has 1 aromatic heterocycles. The maximum absolute atomic E-state index is 11.3. The molecule has 0 saturated heterocycles. The average molecular weight is 249 g/mol. The van der Waals surface area contributed by atoms with E-state index in [1.165, 1.54) is 6.21 Å². The van der Waals surface area contributed by atoms with Crippen LogP contribution in [0.5, 0.6) is 0 Å². The molecule has 18 heavy (non-hydrogen) atoms. The highest BCUT2D eigenvalue weighted by Gasteiger charge is 1.97. The number of hydrogen-bond donors (Lipinski definition) is 2. The molecule has 0 fully saturated rings. The zero-order valence-electron chi connectivity index (χ0n) is 10.8. The van der Waals surface area contributed by atoms with Gasteiger partial charge in [-0.15, -0.1) is 0 Å². The fourth-order valence-corrected chi connectivity index (χ4v) is 1.25. The molecule has 0 aromatic carbocycles. The van der Waals surface area contributed by atoms with Crippen LogP contribution in [0, 0.1) is 0 Å². The molecule has 0 spiro atoms. The predicted molar refractivity (Wildman–Crippen MR) is 71.5 cm³/mol. The lowest BCUT2D eigenvalue weighted by atomic mass is 10.4. The van der Waals surface area contributed by atoms with Crippen LogP contribution in [-0.2, 0) is 0 Å². The first kappa shape index (κ1) is 14.1. The van der Waals surface area contributed by atoms with Crippen LogP contribution in [0.1, 0.15) is 12.1 Å². The zero-order valence-corrected chi connectivity index (χ0v) is 10.8. The Bertz CT molecular complexity index is 377. The second kappa shape index (κ2) is 8.19. The molecule has 98 valence electrons. The minimum atomic E-state index is -0.305. The van der Waals surface area contributed by atoms with Crippen molar-refractivity contribution in [3.8, 4) is 0 Å². The molecule has 0 saturated carbocycles. The van der Waals surface area contributed by atoms with E-state index in [9.17, 15) is 4.79 Å². The van der Waals surface area contributed by atoms with Crippen molar-refractivity contribution in [1.82, 2.24) is 20.6 Å². The molecule has 6 heteroatoms. The Kier molecular flexibility index (Phi) is 6.42. The van der Waals surface area contributed by atoms with E-state index in [1.54, 1.807) is 12.3 Å². The highest BCUT2D eigenvalue weighted by molar-refractivity contribution is 5.79. The van der Waals surface area contributed by atoms with Gasteiger partial charge in [-0.3, -0.25) is 4.98 Å². The lowest BCUT2D eigenvalue weighted by Gasteiger charge is -2.09. The summed E-state index contributed by atoms with van der Waals surface area (Å²) in [5.41, 5.74) is 3.08. The molecule has 0 unspecified atom stereocenters. The highest BCUT2D eigenvalue weighted by Crippen LogP contribution is 1.87. The molecule has 2 N–H and O–H groups in total. The molecular weight excluding hydrogens is 230 g/mol. The minimum absolute atomic E-state index is 0.305. The van der Waals surface area contributed by atoms with Gasteiger partial charge in [-0.05, 0) is 39.2 Å². The van der Waals surface area contributed by atoms with Gasteiger partial charge in [0.2, 0.25) is 0 Å². The van der Waals surface area contributed by atoms with Crippen LogP contribution < -0.4 is 10.7 Å². The molecule has 2 amide bonds. The quantitative estimate of drug-likeness (QED) is 0.442. The molecule has 1 heterocycles. The fraction of sp³-hybridized carbons (Fsp3) is 0.417. The Morgan fingerprint density at radius 3 is 3.00 bits per heavy atom. The smallest absolute Gasteiger partial charge is 0.335 e. The fourth-order valence-electron chi connectivity index (χ4n) is 1.25. The number of hydrogen-bond acceptors (Lipinski definition) is 4. The Hall–Kier alpha value is -1.95. The lowest BCUT2D eigenvalue weighted by molar-refractivity contribution is 0.240. The van der Waals surface area contributed by atoms with Crippen molar-refractivity contribution in [2.24, 2.45) is 5.10 Å². The van der Waals surface area contributed by atoms with Crippen LogP contribution in [-0.4, -0.2) is 49.3 Å². The molecule has 0 radical (unpaired) electrons. The third kappa shape index (κ3) is 6.59. The van der Waals surface area contributed by atoms with Gasteiger partial charge in [0.15, 0.2) is 0 Å². The summed E-state index contributed by atoms with van der Waals surface area (Å²) in [4.78, 5) is 17.4. The number of hydrazone groups is 1. The Morgan fingerprint density at radius 2 is 2.33 bits per heavy atom. The number of nitrogens with one attached hydrogen (secondary N) is 2. The number of rotatable bonds is 6. The largest absolute Gasteiger partial charge is 0.337 e. The number of pyridine rings is 1. The third-order valence-electron chi connectivity index (χ3n) is 2.12. The van der Waals surface area contributed by atoms with Gasteiger partial charge in [-0.1, -0.05) is 6.07 Å². The summed E-state index contributed by atoms with van der Waals surface area (Å²) >= 11 is 0. The molecule has 0 aliphatic rings. The van der Waals surface area contributed by atoms with Crippen molar-refractivity contribution in [1.29, 1.82) is 0 Å². The summed E-state index contributed by atoms with van der Waals surface area (Å²) in [6.45, 7) is 1.57. The normalized spacial score (nSPS) is 10.8. The number of amides is 2. The summed E-state index contributed by atoms with van der Waals surface area (Å²) in [6.07, 6.45) is 4.08. The van der Waals surface area contributed by atoms with Crippen molar-refractivity contribution in [3.63, 3.8) is 0 Å². The minimum Gasteiger partial charge on any atom is -0.337 e. The van der Waals surface area contributed by atoms with Crippen molar-refractivity contribution < 1.29 is 4.79 Å². The maximum Gasteiger partial charge on any atom is 0.335 e. The van der Waals surface area contributed by atoms with E-state index in [-0.39, 0.29) is 6.03 Å². The van der Waals surface area contributed by atoms with Crippen molar-refractivity contribution in [2.75, 3.05) is 27.2 Å². The monoisotopic (exact) mass is 249 g/mol. The van der Waals surface area contributed by atoms with Gasteiger partial charge in [0.05, 0.1) is 11.9 Å². The molecule has 0 bridgehead atoms. The average Bonchev–Trinajstić information content (AvgIpc) is 2.36. The summed E-state index contributed by atoms with van der Waals surface area (Å²) in [5.74, 6) is 0. The van der Waals surface area contributed by atoms with Crippen LogP contribution in [0.15, 0.2) is 29.5 Å². The summed E-state index contributed by atoms with van der Waals surface area (Å²) in [7, 11) is 3.99. The Balaban J connectivity index is 2.15. The molecule has 0 aliphatic heterocycles. The van der Waals surface area contributed by atoms with E-state index in [1.807, 2.05) is 26.2 Å². The van der Waals surface area contributed by atoms with E-state index in [0.29, 0.717) is 12.2 Å². The van der Waals surface area contributed by atoms with E-state index >= 15 is 0 Å². The summed E-state index contributed by atoms with van der Waals surface area (Å²) in [5, 5.41) is 6.51. The topological polar surface area (TPSA) is 69.6 Å². The van der Waals surface area contributed by atoms with E-state index < -0.39 is 0 Å². The third-order valence-corrected chi connectivity index (χ3v) is 2.12. The van der Waals surface area contributed by atoms with Gasteiger partial charge in [0.1, 0.15) is 0 Å². The van der Waals surface area contributed by atoms with Gasteiger partial charge >= 0.3 is 6.03 Å². The van der Waals surface area contributed by atoms with Gasteiger partial charge in [0.25, 0.3) is 0 Å². The van der Waals surface area contributed by atoms with Crippen LogP contribution in [0.4, 0.5) is 4.79 Å². The molecule has 6 nitrogen and oxygen atoms in total. The van der Waals surface area contributed by atoms with Crippen molar-refractivity contribution >= 4 is 12.2 Å². The predicted octanol–water partition coefficient (Wildman–Crippen LogP) is 0.666. The molecule has 0 aliphatic carbocycles. The summed E-state index contributed by atoms with van der Waals surface area (Å²) < 4.78 is 0. The van der Waals surface area contributed by atoms with Gasteiger partial charge < -0.3 is 10.2 Å². The van der Waals surface area contributed by atoms with Gasteiger partial charge in [0, 0.05) is 12.7 Å². The molecule has 1 aromatic rings. The van der Waals surface area contributed by atoms with E-state index in [2.05, 4.69) is 25.7 Å². The highest BCUT2D eigenvalue weighted by atomic mass is 16.2. The zero-order chi connectivity index (χ0) is 13.2. The van der Waals surface area contributed by atoms with Crippen LogP contribution in [0.25, 0.3) is 0 Å². The van der Waals surface area contributed by atoms with Crippen molar-refractivity contribution in [3.05, 3.63) is 30.1 Å². The number of urea groups is 1. The second-order valence-corrected chi connectivity index (χ2v) is 4.04. The van der Waals surface area contributed by atoms with Crippen LogP contribution in [0.3, 0.4) is 0 Å². The van der Waals surface area contributed by atoms with E-state index in [4.69, 9.17) is 0 Å². The van der Waals surface area contributed by atoms with Gasteiger partial charge in [-0.25, -0.2) is 10.2 Å². The number of nitrogens with zero attached hydrogens (tertiary/aromatic N) is 3. The number of aromatic nitrogens is 1. The van der Waals surface area contributed by atoms with Crippen LogP contribution >= 0.6 is 0 Å². The Labute approximate surface area is 107 Å². The maximum atomic E-state index is 11.3. The molecule has 0 atom stereocenters. The van der Waals surface area contributed by atoms with Gasteiger partial charge in [-0.2, -0.15) is 5.10 Å². The first-order valence-corrected chi connectivity index (χ1v) is 5.81. The molecular formula is C12H19N5O. The first-order chi connectivity index (χ1) is 8.68. The van der Waals surface area contributed by atoms with Crippen molar-refractivity contribution in [2.45, 2.75) is 6.42 Å². The number of carbonyl (C=O) groups excluding carboxylic acids is 1. The SMILES string of the molecule is CN(C)CCCNC(=O)N/N=C/c1ccccn1. The number of carbonyl (C=O) groups is 1. The standard InChI is InChI=1S/C12H19N5O/c1-17(2)9-5-8-14-12(18)16-15-10-11-6-3-4-7-13-11/h3-4,6-7,10H,5,8-9H2,1-2H3,(H2,14,16,18)/b15-10+. The molecule has 1 rings (SSSR count). The lowest BCUT2D eigenvalue weighted by Crippen LogP contribution is -2.34. The van der Waals surface area contributed by atoms with E-state index in [0.717, 1.165) is 13.0 Å². The second-order valence-electron chi connectivity index (χ2n) is 4.04. The first-order valence-electron chi connectivity index (χ1n) is 5.81. The summed E-state index contributed by atoms with van der Waals surface area (Å²) in [6, 6.07) is 5.18. The van der Waals surface area contributed by atoms with Crippen LogP contribution in [0.2, 0.25) is 0 Å². The Morgan fingerprint density at radius 1 is 1.50 bits per heavy atom.